The number of hydrogen-bond donors (Lipinski definition) is 0. The Morgan fingerprint density at radius 3 is 2.68 bits per heavy atom. The van der Waals surface area contributed by atoms with E-state index in [1.54, 1.807) is 18.2 Å². The Bertz CT molecular complexity index is 638. The molecule has 0 aromatic heterocycles. The van der Waals surface area contributed by atoms with Gasteiger partial charge in [-0.25, -0.2) is 4.39 Å². The number of carbonyl (C=O) groups excluding carboxylic acids is 1. The molecule has 0 atom stereocenters. The Labute approximate surface area is 115 Å². The number of benzene rings is 2. The SMILES string of the molecule is CC(=O)c1cccc(F)c1Oc1cc(Cl)ccc1C. The second-order valence-electron chi connectivity index (χ2n) is 4.18. The van der Waals surface area contributed by atoms with Gasteiger partial charge in [-0.05, 0) is 43.7 Å². The maximum absolute atomic E-state index is 13.8. The summed E-state index contributed by atoms with van der Waals surface area (Å²) < 4.78 is 19.4. The maximum atomic E-state index is 13.8. The molecule has 2 aromatic rings. The molecule has 98 valence electrons. The van der Waals surface area contributed by atoms with E-state index in [0.29, 0.717) is 10.8 Å². The summed E-state index contributed by atoms with van der Waals surface area (Å²) >= 11 is 5.88. The van der Waals surface area contributed by atoms with Gasteiger partial charge in [0.15, 0.2) is 17.3 Å². The van der Waals surface area contributed by atoms with Crippen molar-refractivity contribution in [3.8, 4) is 11.5 Å². The van der Waals surface area contributed by atoms with Gasteiger partial charge in [0.25, 0.3) is 0 Å². The predicted molar refractivity (Wildman–Crippen MR) is 72.7 cm³/mol. The molecule has 0 aliphatic carbocycles. The first-order valence-corrected chi connectivity index (χ1v) is 6.10. The molecular weight excluding hydrogens is 267 g/mol. The molecule has 0 aliphatic heterocycles. The maximum Gasteiger partial charge on any atom is 0.173 e. The van der Waals surface area contributed by atoms with E-state index >= 15 is 0 Å². The van der Waals surface area contributed by atoms with Gasteiger partial charge in [-0.2, -0.15) is 0 Å². The van der Waals surface area contributed by atoms with Crippen LogP contribution in [0.2, 0.25) is 5.02 Å². The van der Waals surface area contributed by atoms with Gasteiger partial charge in [0.2, 0.25) is 0 Å². The molecule has 0 amide bonds. The van der Waals surface area contributed by atoms with Crippen molar-refractivity contribution in [1.82, 2.24) is 0 Å². The van der Waals surface area contributed by atoms with Crippen molar-refractivity contribution >= 4 is 17.4 Å². The lowest BCUT2D eigenvalue weighted by Crippen LogP contribution is -2.00. The van der Waals surface area contributed by atoms with E-state index in [2.05, 4.69) is 0 Å². The number of aryl methyl sites for hydroxylation is 1. The summed E-state index contributed by atoms with van der Waals surface area (Å²) in [6, 6.07) is 9.34. The monoisotopic (exact) mass is 278 g/mol. The number of halogens is 2. The lowest BCUT2D eigenvalue weighted by atomic mass is 10.1. The zero-order valence-electron chi connectivity index (χ0n) is 10.5. The van der Waals surface area contributed by atoms with Crippen molar-refractivity contribution in [3.63, 3.8) is 0 Å². The van der Waals surface area contributed by atoms with E-state index in [-0.39, 0.29) is 17.1 Å². The highest BCUT2D eigenvalue weighted by molar-refractivity contribution is 6.30. The molecule has 4 heteroatoms. The highest BCUT2D eigenvalue weighted by Gasteiger charge is 2.15. The molecule has 2 nitrogen and oxygen atoms in total. The highest BCUT2D eigenvalue weighted by Crippen LogP contribution is 2.32. The Kier molecular flexibility index (Phi) is 3.86. The Balaban J connectivity index is 2.49. The molecule has 0 radical (unpaired) electrons. The average Bonchev–Trinajstić information content (AvgIpc) is 2.35. The minimum atomic E-state index is -0.577. The number of rotatable bonds is 3. The topological polar surface area (TPSA) is 26.3 Å². The first kappa shape index (κ1) is 13.6. The van der Waals surface area contributed by atoms with Crippen LogP contribution in [0.15, 0.2) is 36.4 Å². The van der Waals surface area contributed by atoms with Gasteiger partial charge in [0.1, 0.15) is 5.75 Å². The Morgan fingerprint density at radius 1 is 1.26 bits per heavy atom. The van der Waals surface area contributed by atoms with Crippen LogP contribution >= 0.6 is 11.6 Å². The van der Waals surface area contributed by atoms with Gasteiger partial charge in [0.05, 0.1) is 5.56 Å². The van der Waals surface area contributed by atoms with Crippen molar-refractivity contribution < 1.29 is 13.9 Å². The summed E-state index contributed by atoms with van der Waals surface area (Å²) in [4.78, 5) is 11.5. The van der Waals surface area contributed by atoms with Crippen molar-refractivity contribution in [2.45, 2.75) is 13.8 Å². The van der Waals surface area contributed by atoms with E-state index in [1.807, 2.05) is 6.92 Å². The molecule has 0 spiro atoms. The number of carbonyl (C=O) groups is 1. The van der Waals surface area contributed by atoms with Gasteiger partial charge in [-0.15, -0.1) is 0 Å². The van der Waals surface area contributed by atoms with E-state index in [9.17, 15) is 9.18 Å². The molecule has 0 saturated carbocycles. The first-order valence-electron chi connectivity index (χ1n) is 5.72. The van der Waals surface area contributed by atoms with Crippen LogP contribution in [0.1, 0.15) is 22.8 Å². The Morgan fingerprint density at radius 2 is 2.00 bits per heavy atom. The average molecular weight is 279 g/mol. The van der Waals surface area contributed by atoms with Gasteiger partial charge < -0.3 is 4.74 Å². The summed E-state index contributed by atoms with van der Waals surface area (Å²) in [5.41, 5.74) is 1.02. The highest BCUT2D eigenvalue weighted by atomic mass is 35.5. The second kappa shape index (κ2) is 5.41. The molecule has 2 rings (SSSR count). The van der Waals surface area contributed by atoms with Crippen LogP contribution in [0, 0.1) is 12.7 Å². The molecule has 0 saturated heterocycles. The van der Waals surface area contributed by atoms with E-state index < -0.39 is 5.82 Å². The number of ether oxygens (including phenoxy) is 1. The van der Waals surface area contributed by atoms with Gasteiger partial charge in [0, 0.05) is 5.02 Å². The van der Waals surface area contributed by atoms with Crippen LogP contribution in [0.5, 0.6) is 11.5 Å². The predicted octanol–water partition coefficient (Wildman–Crippen LogP) is 4.78. The fraction of sp³-hybridized carbons (Fsp3) is 0.133. The molecule has 0 heterocycles. The zero-order valence-corrected chi connectivity index (χ0v) is 11.3. The molecule has 0 fully saturated rings. The standard InChI is InChI=1S/C15H12ClFO2/c1-9-6-7-11(16)8-14(9)19-15-12(10(2)18)4-3-5-13(15)17/h3-8H,1-2H3. The first-order chi connectivity index (χ1) is 8.99. The summed E-state index contributed by atoms with van der Waals surface area (Å²) in [7, 11) is 0. The molecule has 0 aliphatic rings. The normalized spacial score (nSPS) is 10.3. The van der Waals surface area contributed by atoms with E-state index in [0.717, 1.165) is 5.56 Å². The lowest BCUT2D eigenvalue weighted by molar-refractivity contribution is 0.101. The quantitative estimate of drug-likeness (QED) is 0.755. The minimum absolute atomic E-state index is 0.0691. The van der Waals surface area contributed by atoms with E-state index in [4.69, 9.17) is 16.3 Å². The van der Waals surface area contributed by atoms with Gasteiger partial charge in [-0.3, -0.25) is 4.79 Å². The smallest absolute Gasteiger partial charge is 0.173 e. The van der Waals surface area contributed by atoms with Crippen LogP contribution in [0.3, 0.4) is 0 Å². The zero-order chi connectivity index (χ0) is 14.0. The van der Waals surface area contributed by atoms with Crippen molar-refractivity contribution in [2.24, 2.45) is 0 Å². The molecule has 0 bridgehead atoms. The molecular formula is C15H12ClFO2. The van der Waals surface area contributed by atoms with Crippen LogP contribution in [0.4, 0.5) is 4.39 Å². The summed E-state index contributed by atoms with van der Waals surface area (Å²) in [6.07, 6.45) is 0. The second-order valence-corrected chi connectivity index (χ2v) is 4.62. The molecule has 2 aromatic carbocycles. The molecule has 0 unspecified atom stereocenters. The molecule has 19 heavy (non-hydrogen) atoms. The number of hydrogen-bond acceptors (Lipinski definition) is 2. The van der Waals surface area contributed by atoms with Crippen LogP contribution in [0.25, 0.3) is 0 Å². The third kappa shape index (κ3) is 2.93. The van der Waals surface area contributed by atoms with E-state index in [1.165, 1.54) is 25.1 Å². The summed E-state index contributed by atoms with van der Waals surface area (Å²) in [5, 5.41) is 0.487. The fourth-order valence-electron chi connectivity index (χ4n) is 1.68. The van der Waals surface area contributed by atoms with Crippen LogP contribution in [-0.2, 0) is 0 Å². The van der Waals surface area contributed by atoms with Gasteiger partial charge in [-0.1, -0.05) is 23.7 Å². The number of para-hydroxylation sites is 1. The Hall–Kier alpha value is -1.87. The van der Waals surface area contributed by atoms with Crippen LogP contribution < -0.4 is 4.74 Å². The summed E-state index contributed by atoms with van der Waals surface area (Å²) in [6.45, 7) is 3.19. The third-order valence-electron chi connectivity index (χ3n) is 2.71. The van der Waals surface area contributed by atoms with Crippen molar-refractivity contribution in [3.05, 3.63) is 58.4 Å². The largest absolute Gasteiger partial charge is 0.453 e. The van der Waals surface area contributed by atoms with Crippen molar-refractivity contribution in [1.29, 1.82) is 0 Å². The van der Waals surface area contributed by atoms with Gasteiger partial charge >= 0.3 is 0 Å². The lowest BCUT2D eigenvalue weighted by Gasteiger charge is -2.12. The fourth-order valence-corrected chi connectivity index (χ4v) is 1.85. The minimum Gasteiger partial charge on any atom is -0.453 e. The number of ketones is 1. The van der Waals surface area contributed by atoms with Crippen LogP contribution in [-0.4, -0.2) is 5.78 Å². The third-order valence-corrected chi connectivity index (χ3v) is 2.94. The van der Waals surface area contributed by atoms with Crippen molar-refractivity contribution in [2.75, 3.05) is 0 Å². The number of Topliss-reactive ketones (excluding diaryl/α,β-unsaturated/α-hetero) is 1. The summed E-state index contributed by atoms with van der Waals surface area (Å²) in [5.74, 6) is -0.471. The molecule has 0 N–H and O–H groups in total.